The molecule has 2 aromatic rings. The van der Waals surface area contributed by atoms with E-state index in [4.69, 9.17) is 9.26 Å². The molecule has 6 nitrogen and oxygen atoms in total. The van der Waals surface area contributed by atoms with Crippen LogP contribution in [0.25, 0.3) is 0 Å². The van der Waals surface area contributed by atoms with Gasteiger partial charge in [-0.3, -0.25) is 0 Å². The van der Waals surface area contributed by atoms with Gasteiger partial charge in [0.15, 0.2) is 0 Å². The zero-order valence-corrected chi connectivity index (χ0v) is 11.9. The molecule has 0 bridgehead atoms. The predicted octanol–water partition coefficient (Wildman–Crippen LogP) is 2.46. The second-order valence-corrected chi connectivity index (χ2v) is 4.56. The maximum absolute atomic E-state index is 5.10. The van der Waals surface area contributed by atoms with E-state index in [0.717, 1.165) is 17.0 Å². The van der Waals surface area contributed by atoms with Gasteiger partial charge in [0.2, 0.25) is 11.8 Å². The van der Waals surface area contributed by atoms with Crippen LogP contribution in [-0.4, -0.2) is 22.2 Å². The highest BCUT2D eigenvalue weighted by Gasteiger charge is 2.10. The molecule has 2 heterocycles. The molecule has 0 aromatic carbocycles. The predicted molar refractivity (Wildman–Crippen MR) is 69.6 cm³/mol. The molecule has 96 valence electrons. The molecule has 0 saturated heterocycles. The molecule has 0 saturated carbocycles. The standard InChI is InChI=1S/C11H13BrN4O2/c1-6-8(7(2)18-16-6)4-13-11-14-5-9(12)10(15-11)17-3/h5H,4H2,1-3H3,(H,13,14,15). The minimum atomic E-state index is 0.492. The van der Waals surface area contributed by atoms with E-state index in [1.54, 1.807) is 13.3 Å². The number of aryl methyl sites for hydroxylation is 2. The van der Waals surface area contributed by atoms with E-state index in [1.165, 1.54) is 0 Å². The van der Waals surface area contributed by atoms with Gasteiger partial charge in [-0.1, -0.05) is 5.16 Å². The Kier molecular flexibility index (Phi) is 3.81. The van der Waals surface area contributed by atoms with E-state index in [0.29, 0.717) is 22.8 Å². The lowest BCUT2D eigenvalue weighted by Crippen LogP contribution is -2.05. The van der Waals surface area contributed by atoms with E-state index in [9.17, 15) is 0 Å². The van der Waals surface area contributed by atoms with E-state index in [1.807, 2.05) is 13.8 Å². The van der Waals surface area contributed by atoms with Crippen LogP contribution in [0.5, 0.6) is 5.88 Å². The summed E-state index contributed by atoms with van der Waals surface area (Å²) in [5.41, 5.74) is 1.88. The van der Waals surface area contributed by atoms with Gasteiger partial charge in [-0.15, -0.1) is 0 Å². The molecule has 0 spiro atoms. The van der Waals surface area contributed by atoms with Crippen LogP contribution < -0.4 is 10.1 Å². The van der Waals surface area contributed by atoms with Crippen LogP contribution in [-0.2, 0) is 6.54 Å². The first-order chi connectivity index (χ1) is 8.61. The van der Waals surface area contributed by atoms with Crippen LogP contribution in [0.2, 0.25) is 0 Å². The maximum atomic E-state index is 5.10. The number of hydrogen-bond acceptors (Lipinski definition) is 6. The molecule has 2 aromatic heterocycles. The van der Waals surface area contributed by atoms with Crippen molar-refractivity contribution in [3.05, 3.63) is 27.7 Å². The summed E-state index contributed by atoms with van der Waals surface area (Å²) in [5.74, 6) is 1.78. The second-order valence-electron chi connectivity index (χ2n) is 3.71. The zero-order valence-electron chi connectivity index (χ0n) is 10.3. The monoisotopic (exact) mass is 312 g/mol. The molecule has 18 heavy (non-hydrogen) atoms. The Balaban J connectivity index is 2.11. The largest absolute Gasteiger partial charge is 0.480 e. The van der Waals surface area contributed by atoms with Crippen molar-refractivity contribution in [1.29, 1.82) is 0 Å². The average Bonchev–Trinajstić information content (AvgIpc) is 2.68. The first-order valence-electron chi connectivity index (χ1n) is 5.34. The van der Waals surface area contributed by atoms with Crippen molar-refractivity contribution in [2.24, 2.45) is 0 Å². The molecule has 0 radical (unpaired) electrons. The highest BCUT2D eigenvalue weighted by Crippen LogP contribution is 2.22. The van der Waals surface area contributed by atoms with Crippen molar-refractivity contribution >= 4 is 21.9 Å². The second kappa shape index (κ2) is 5.34. The van der Waals surface area contributed by atoms with Crippen LogP contribution in [0.4, 0.5) is 5.95 Å². The summed E-state index contributed by atoms with van der Waals surface area (Å²) >= 11 is 3.30. The first-order valence-corrected chi connectivity index (χ1v) is 6.13. The summed E-state index contributed by atoms with van der Waals surface area (Å²) in [4.78, 5) is 8.35. The Morgan fingerprint density at radius 2 is 2.22 bits per heavy atom. The highest BCUT2D eigenvalue weighted by atomic mass is 79.9. The van der Waals surface area contributed by atoms with Crippen molar-refractivity contribution in [2.45, 2.75) is 20.4 Å². The number of hydrogen-bond donors (Lipinski definition) is 1. The smallest absolute Gasteiger partial charge is 0.232 e. The number of rotatable bonds is 4. The summed E-state index contributed by atoms with van der Waals surface area (Å²) in [6.07, 6.45) is 1.64. The normalized spacial score (nSPS) is 10.4. The van der Waals surface area contributed by atoms with Gasteiger partial charge in [-0.2, -0.15) is 4.98 Å². The third-order valence-corrected chi connectivity index (χ3v) is 3.05. The summed E-state index contributed by atoms with van der Waals surface area (Å²) in [6, 6.07) is 0. The molecule has 0 fully saturated rings. The Labute approximate surface area is 113 Å². The summed E-state index contributed by atoms with van der Waals surface area (Å²) < 4.78 is 10.9. The van der Waals surface area contributed by atoms with E-state index in [2.05, 4.69) is 36.4 Å². The molecule has 0 aliphatic carbocycles. The average molecular weight is 313 g/mol. The first kappa shape index (κ1) is 12.8. The number of aromatic nitrogens is 3. The van der Waals surface area contributed by atoms with Gasteiger partial charge in [0.25, 0.3) is 0 Å². The van der Waals surface area contributed by atoms with Gasteiger partial charge in [-0.25, -0.2) is 4.98 Å². The minimum Gasteiger partial charge on any atom is -0.480 e. The fourth-order valence-corrected chi connectivity index (χ4v) is 1.85. The van der Waals surface area contributed by atoms with Gasteiger partial charge in [0.1, 0.15) is 5.76 Å². The number of ether oxygens (including phenoxy) is 1. The molecule has 0 atom stereocenters. The van der Waals surface area contributed by atoms with Crippen molar-refractivity contribution in [3.8, 4) is 5.88 Å². The molecule has 0 aliphatic heterocycles. The van der Waals surface area contributed by atoms with Crippen LogP contribution >= 0.6 is 15.9 Å². The Hall–Kier alpha value is -1.63. The molecule has 0 aliphatic rings. The van der Waals surface area contributed by atoms with E-state index >= 15 is 0 Å². The topological polar surface area (TPSA) is 73.1 Å². The Morgan fingerprint density at radius 1 is 1.44 bits per heavy atom. The van der Waals surface area contributed by atoms with Crippen LogP contribution in [0.1, 0.15) is 17.0 Å². The van der Waals surface area contributed by atoms with Crippen LogP contribution in [0.3, 0.4) is 0 Å². The molecule has 2 rings (SSSR count). The maximum Gasteiger partial charge on any atom is 0.232 e. The van der Waals surface area contributed by atoms with E-state index < -0.39 is 0 Å². The Bertz CT molecular complexity index is 536. The number of anilines is 1. The van der Waals surface area contributed by atoms with Crippen molar-refractivity contribution in [2.75, 3.05) is 12.4 Å². The fraction of sp³-hybridized carbons (Fsp3) is 0.364. The molecule has 0 unspecified atom stereocenters. The third kappa shape index (κ3) is 2.61. The van der Waals surface area contributed by atoms with Crippen molar-refractivity contribution < 1.29 is 9.26 Å². The quantitative estimate of drug-likeness (QED) is 0.935. The summed E-state index contributed by atoms with van der Waals surface area (Å²) in [6.45, 7) is 4.34. The van der Waals surface area contributed by atoms with E-state index in [-0.39, 0.29) is 0 Å². The van der Waals surface area contributed by atoms with Crippen molar-refractivity contribution in [3.63, 3.8) is 0 Å². The highest BCUT2D eigenvalue weighted by molar-refractivity contribution is 9.10. The van der Waals surface area contributed by atoms with Gasteiger partial charge < -0.3 is 14.6 Å². The van der Waals surface area contributed by atoms with Gasteiger partial charge >= 0.3 is 0 Å². The molecular weight excluding hydrogens is 300 g/mol. The van der Waals surface area contributed by atoms with Gasteiger partial charge in [-0.05, 0) is 29.8 Å². The molecule has 1 N–H and O–H groups in total. The number of methoxy groups -OCH3 is 1. The zero-order chi connectivity index (χ0) is 13.1. The van der Waals surface area contributed by atoms with Crippen LogP contribution in [0.15, 0.2) is 15.2 Å². The van der Waals surface area contributed by atoms with Crippen LogP contribution in [0, 0.1) is 13.8 Å². The molecular formula is C11H13BrN4O2. The molecule has 7 heteroatoms. The summed E-state index contributed by atoms with van der Waals surface area (Å²) in [5, 5.41) is 7.00. The fourth-order valence-electron chi connectivity index (χ4n) is 1.50. The van der Waals surface area contributed by atoms with Crippen molar-refractivity contribution in [1.82, 2.24) is 15.1 Å². The molecule has 0 amide bonds. The lowest BCUT2D eigenvalue weighted by molar-refractivity contribution is 0.392. The Morgan fingerprint density at radius 3 is 2.83 bits per heavy atom. The summed E-state index contributed by atoms with van der Waals surface area (Å²) in [7, 11) is 1.56. The lowest BCUT2D eigenvalue weighted by atomic mass is 10.2. The SMILES string of the molecule is COc1nc(NCc2c(C)noc2C)ncc1Br. The minimum absolute atomic E-state index is 0.492. The van der Waals surface area contributed by atoms with Gasteiger partial charge in [0, 0.05) is 12.1 Å². The number of nitrogens with zero attached hydrogens (tertiary/aromatic N) is 3. The number of nitrogens with one attached hydrogen (secondary N) is 1. The third-order valence-electron chi connectivity index (χ3n) is 2.51. The number of halogens is 1. The van der Waals surface area contributed by atoms with Gasteiger partial charge in [0.05, 0.1) is 23.5 Å². The lowest BCUT2D eigenvalue weighted by Gasteiger charge is -2.06.